The average Bonchev–Trinajstić information content (AvgIpc) is 3.49. The number of pyridine rings is 2. The number of benzene rings is 1. The Morgan fingerprint density at radius 2 is 1.85 bits per heavy atom. The Morgan fingerprint density at radius 3 is 2.56 bits per heavy atom. The van der Waals surface area contributed by atoms with Gasteiger partial charge in [-0.15, -0.1) is 0 Å². The van der Waals surface area contributed by atoms with Crippen LogP contribution in [0.4, 0.5) is 5.69 Å². The van der Waals surface area contributed by atoms with Gasteiger partial charge in [-0.05, 0) is 67.2 Å². The zero-order chi connectivity index (χ0) is 23.7. The Balaban J connectivity index is 1.70. The summed E-state index contributed by atoms with van der Waals surface area (Å²) in [7, 11) is 3.30. The van der Waals surface area contributed by atoms with Crippen molar-refractivity contribution in [3.05, 3.63) is 96.2 Å². The van der Waals surface area contributed by atoms with Crippen molar-refractivity contribution < 1.29 is 9.47 Å². The Labute approximate surface area is 204 Å². The maximum absolute atomic E-state index is 5.88. The predicted octanol–water partition coefficient (Wildman–Crippen LogP) is 4.77. The lowest BCUT2D eigenvalue weighted by molar-refractivity contribution is 0.402. The van der Waals surface area contributed by atoms with E-state index in [0.29, 0.717) is 16.6 Å². The lowest BCUT2D eigenvalue weighted by Gasteiger charge is -2.30. The fourth-order valence-corrected chi connectivity index (χ4v) is 4.68. The Kier molecular flexibility index (Phi) is 5.90. The number of thiocarbonyl (C=S) groups is 1. The van der Waals surface area contributed by atoms with Crippen LogP contribution in [0.25, 0.3) is 5.82 Å². The summed E-state index contributed by atoms with van der Waals surface area (Å²) in [5, 5.41) is 4.08. The third kappa shape index (κ3) is 3.86. The number of hydrogen-bond acceptors (Lipinski definition) is 5. The fraction of sp³-hybridized carbons (Fsp3) is 0.192. The molecule has 1 aromatic carbocycles. The number of anilines is 1. The predicted molar refractivity (Wildman–Crippen MR) is 136 cm³/mol. The molecular formula is C26H25N5O2S. The van der Waals surface area contributed by atoms with Crippen molar-refractivity contribution in [2.45, 2.75) is 19.0 Å². The van der Waals surface area contributed by atoms with Gasteiger partial charge >= 0.3 is 0 Å². The molecule has 0 spiro atoms. The van der Waals surface area contributed by atoms with Crippen LogP contribution in [0.5, 0.6) is 11.5 Å². The summed E-state index contributed by atoms with van der Waals surface area (Å²) in [5.74, 6) is 2.25. The highest BCUT2D eigenvalue weighted by Gasteiger charge is 2.43. The Hall–Kier alpha value is -3.91. The number of methoxy groups -OCH3 is 2. The van der Waals surface area contributed by atoms with Gasteiger partial charge in [0.1, 0.15) is 23.4 Å². The largest absolute Gasteiger partial charge is 0.497 e. The lowest BCUT2D eigenvalue weighted by Crippen LogP contribution is -2.30. The van der Waals surface area contributed by atoms with Gasteiger partial charge in [-0.25, -0.2) is 4.98 Å². The Morgan fingerprint density at radius 1 is 0.971 bits per heavy atom. The molecule has 4 heterocycles. The molecule has 1 fully saturated rings. The number of nitrogens with zero attached hydrogens (tertiary/aromatic N) is 4. The molecule has 3 aromatic heterocycles. The van der Waals surface area contributed by atoms with E-state index in [-0.39, 0.29) is 12.1 Å². The van der Waals surface area contributed by atoms with E-state index in [9.17, 15) is 0 Å². The second-order valence-electron chi connectivity index (χ2n) is 8.03. The second-order valence-corrected chi connectivity index (χ2v) is 8.42. The van der Waals surface area contributed by atoms with Gasteiger partial charge in [-0.2, -0.15) is 0 Å². The van der Waals surface area contributed by atoms with Crippen molar-refractivity contribution in [3.63, 3.8) is 0 Å². The van der Waals surface area contributed by atoms with E-state index in [2.05, 4.69) is 36.9 Å². The summed E-state index contributed by atoms with van der Waals surface area (Å²) in [6.45, 7) is 2.03. The zero-order valence-electron chi connectivity index (χ0n) is 19.2. The fourth-order valence-electron chi connectivity index (χ4n) is 4.35. The molecule has 1 N–H and O–H groups in total. The highest BCUT2D eigenvalue weighted by molar-refractivity contribution is 7.80. The van der Waals surface area contributed by atoms with E-state index in [1.54, 1.807) is 20.4 Å². The minimum Gasteiger partial charge on any atom is -0.497 e. The smallest absolute Gasteiger partial charge is 0.174 e. The molecule has 0 saturated carbocycles. The molecule has 7 nitrogen and oxygen atoms in total. The number of aryl methyl sites for hydroxylation is 1. The van der Waals surface area contributed by atoms with Crippen LogP contribution >= 0.6 is 12.2 Å². The first-order valence-corrected chi connectivity index (χ1v) is 11.3. The monoisotopic (exact) mass is 471 g/mol. The second kappa shape index (κ2) is 9.15. The van der Waals surface area contributed by atoms with Crippen molar-refractivity contribution >= 4 is 23.0 Å². The summed E-state index contributed by atoms with van der Waals surface area (Å²) in [6, 6.07) is 19.4. The van der Waals surface area contributed by atoms with Crippen molar-refractivity contribution in [1.29, 1.82) is 0 Å². The summed E-state index contributed by atoms with van der Waals surface area (Å²) in [5.41, 5.74) is 3.83. The first-order chi connectivity index (χ1) is 16.6. The molecule has 2 atom stereocenters. The van der Waals surface area contributed by atoms with E-state index in [4.69, 9.17) is 21.7 Å². The summed E-state index contributed by atoms with van der Waals surface area (Å²) in [6.07, 6.45) is 5.69. The standard InChI is InChI=1S/C26H25N5O2S/c1-17-9-12-23(28-16-17)30-14-6-8-20(30)25-24(19-7-4-5-13-27-19)29-26(34)31(25)21-15-18(32-2)10-11-22(21)33-3/h4-16,24-25H,1-3H3,(H,29,34)/t24-,25+/m1/s1. The topological polar surface area (TPSA) is 64.4 Å². The molecule has 1 aliphatic heterocycles. The van der Waals surface area contributed by atoms with E-state index in [1.807, 2.05) is 67.8 Å². The molecule has 172 valence electrons. The van der Waals surface area contributed by atoms with Gasteiger partial charge in [0.25, 0.3) is 0 Å². The first-order valence-electron chi connectivity index (χ1n) is 10.9. The SMILES string of the molecule is COc1ccc(OC)c(N2C(=S)N[C@H](c3ccccn3)[C@@H]2c2cccn2-c2ccc(C)cn2)c1. The molecule has 5 rings (SSSR count). The van der Waals surface area contributed by atoms with E-state index in [1.165, 1.54) is 0 Å². The Bertz CT molecular complexity index is 1310. The molecule has 34 heavy (non-hydrogen) atoms. The summed E-state index contributed by atoms with van der Waals surface area (Å²) < 4.78 is 13.3. The molecule has 1 saturated heterocycles. The number of ether oxygens (including phenoxy) is 2. The van der Waals surface area contributed by atoms with Crippen LogP contribution in [0, 0.1) is 6.92 Å². The normalized spacial score (nSPS) is 17.5. The van der Waals surface area contributed by atoms with Crippen LogP contribution in [-0.4, -0.2) is 33.9 Å². The van der Waals surface area contributed by atoms with Crippen LogP contribution in [-0.2, 0) is 0 Å². The number of hydrogen-bond donors (Lipinski definition) is 1. The van der Waals surface area contributed by atoms with Gasteiger partial charge in [0.15, 0.2) is 5.11 Å². The van der Waals surface area contributed by atoms with Crippen LogP contribution in [0.1, 0.15) is 29.0 Å². The molecular weight excluding hydrogens is 446 g/mol. The molecule has 0 unspecified atom stereocenters. The van der Waals surface area contributed by atoms with Crippen molar-refractivity contribution in [2.75, 3.05) is 19.1 Å². The van der Waals surface area contributed by atoms with Gasteiger partial charge in [-0.1, -0.05) is 12.1 Å². The molecule has 0 amide bonds. The summed E-state index contributed by atoms with van der Waals surface area (Å²) >= 11 is 5.88. The highest BCUT2D eigenvalue weighted by atomic mass is 32.1. The molecule has 0 aliphatic carbocycles. The molecule has 0 bridgehead atoms. The third-order valence-electron chi connectivity index (χ3n) is 5.97. The number of aromatic nitrogens is 3. The zero-order valence-corrected chi connectivity index (χ0v) is 20.0. The molecule has 0 radical (unpaired) electrons. The van der Waals surface area contributed by atoms with Gasteiger partial charge < -0.3 is 24.3 Å². The molecule has 1 aliphatic rings. The summed E-state index contributed by atoms with van der Waals surface area (Å²) in [4.78, 5) is 11.4. The van der Waals surface area contributed by atoms with E-state index >= 15 is 0 Å². The van der Waals surface area contributed by atoms with Crippen LogP contribution in [0.15, 0.2) is 79.3 Å². The molecule has 8 heteroatoms. The molecule has 4 aromatic rings. The van der Waals surface area contributed by atoms with Gasteiger partial charge in [0.05, 0.1) is 31.6 Å². The van der Waals surface area contributed by atoms with Crippen molar-refractivity contribution in [2.24, 2.45) is 0 Å². The van der Waals surface area contributed by atoms with Crippen LogP contribution < -0.4 is 19.7 Å². The van der Waals surface area contributed by atoms with Crippen LogP contribution in [0.2, 0.25) is 0 Å². The third-order valence-corrected chi connectivity index (χ3v) is 6.28. The minimum absolute atomic E-state index is 0.191. The van der Waals surface area contributed by atoms with Crippen molar-refractivity contribution in [3.8, 4) is 17.3 Å². The van der Waals surface area contributed by atoms with Gasteiger partial charge in [0, 0.05) is 30.4 Å². The number of nitrogens with one attached hydrogen (secondary N) is 1. The highest BCUT2D eigenvalue weighted by Crippen LogP contribution is 2.45. The number of rotatable bonds is 6. The van der Waals surface area contributed by atoms with Crippen molar-refractivity contribution in [1.82, 2.24) is 19.9 Å². The van der Waals surface area contributed by atoms with Crippen LogP contribution in [0.3, 0.4) is 0 Å². The quantitative estimate of drug-likeness (QED) is 0.407. The lowest BCUT2D eigenvalue weighted by atomic mass is 10.0. The van der Waals surface area contributed by atoms with Gasteiger partial charge in [0.2, 0.25) is 0 Å². The van der Waals surface area contributed by atoms with E-state index in [0.717, 1.165) is 28.5 Å². The maximum atomic E-state index is 5.88. The average molecular weight is 472 g/mol. The van der Waals surface area contributed by atoms with Gasteiger partial charge in [-0.3, -0.25) is 4.98 Å². The maximum Gasteiger partial charge on any atom is 0.174 e. The minimum atomic E-state index is -0.221. The van der Waals surface area contributed by atoms with E-state index < -0.39 is 0 Å². The first kappa shape index (κ1) is 21.9.